The minimum absolute atomic E-state index is 0.0476. The van der Waals surface area contributed by atoms with Crippen molar-refractivity contribution >= 4 is 34.3 Å². The van der Waals surface area contributed by atoms with E-state index in [9.17, 15) is 4.79 Å². The summed E-state index contributed by atoms with van der Waals surface area (Å²) in [6.07, 6.45) is 0. The molecule has 144 valence electrons. The fraction of sp³-hybridized carbons (Fsp3) is 0.286. The number of carbonyl (C=O) groups excluding carboxylic acids is 1. The van der Waals surface area contributed by atoms with E-state index in [4.69, 9.17) is 14.7 Å². The van der Waals surface area contributed by atoms with E-state index in [2.05, 4.69) is 10.2 Å². The lowest BCUT2D eigenvalue weighted by atomic mass is 10.2. The molecule has 0 radical (unpaired) electrons. The molecule has 2 heterocycles. The Bertz CT molecular complexity index is 946. The molecule has 1 aromatic heterocycles. The fourth-order valence-electron chi connectivity index (χ4n) is 3.09. The fourth-order valence-corrected chi connectivity index (χ4v) is 3.92. The Labute approximate surface area is 168 Å². The van der Waals surface area contributed by atoms with Crippen LogP contribution in [0.15, 0.2) is 59.6 Å². The van der Waals surface area contributed by atoms with E-state index < -0.39 is 0 Å². The summed E-state index contributed by atoms with van der Waals surface area (Å²) in [6, 6.07) is 17.4. The Morgan fingerprint density at radius 2 is 1.79 bits per heavy atom. The minimum atomic E-state index is -0.0476. The third kappa shape index (κ3) is 4.86. The Kier molecular flexibility index (Phi) is 6.16. The predicted octanol–water partition coefficient (Wildman–Crippen LogP) is 3.19. The molecule has 3 aromatic rings. The van der Waals surface area contributed by atoms with Crippen molar-refractivity contribution in [2.75, 3.05) is 37.4 Å². The molecule has 2 aromatic carbocycles. The number of fused-ring (bicyclic) bond motifs is 1. The molecular weight excluding hydrogens is 372 g/mol. The Hall–Kier alpha value is -2.48. The van der Waals surface area contributed by atoms with Crippen molar-refractivity contribution in [3.63, 3.8) is 0 Å². The average molecular weight is 394 g/mol. The zero-order valence-corrected chi connectivity index (χ0v) is 16.3. The first-order valence-electron chi connectivity index (χ1n) is 9.31. The molecule has 28 heavy (non-hydrogen) atoms. The van der Waals surface area contributed by atoms with Gasteiger partial charge < -0.3 is 10.1 Å². The lowest BCUT2D eigenvalue weighted by Crippen LogP contribution is -2.36. The molecule has 0 aliphatic carbocycles. The molecule has 1 amide bonds. The molecule has 1 N–H and O–H groups in total. The van der Waals surface area contributed by atoms with E-state index in [0.717, 1.165) is 53.7 Å². The smallest absolute Gasteiger partial charge is 0.234 e. The number of aromatic nitrogens is 2. The number of benzene rings is 2. The molecule has 1 aliphatic heterocycles. The van der Waals surface area contributed by atoms with Crippen LogP contribution in [0.1, 0.15) is 5.82 Å². The van der Waals surface area contributed by atoms with Gasteiger partial charge in [-0.05, 0) is 18.2 Å². The Morgan fingerprint density at radius 3 is 2.61 bits per heavy atom. The summed E-state index contributed by atoms with van der Waals surface area (Å²) in [5.74, 6) is 1.03. The van der Waals surface area contributed by atoms with E-state index in [1.165, 1.54) is 11.8 Å². The maximum atomic E-state index is 12.3. The van der Waals surface area contributed by atoms with Crippen molar-refractivity contribution in [2.24, 2.45) is 0 Å². The van der Waals surface area contributed by atoms with Crippen LogP contribution in [-0.2, 0) is 16.1 Å². The van der Waals surface area contributed by atoms with Gasteiger partial charge in [0.1, 0.15) is 10.9 Å². The van der Waals surface area contributed by atoms with Crippen molar-refractivity contribution < 1.29 is 9.53 Å². The molecule has 4 rings (SSSR count). The van der Waals surface area contributed by atoms with E-state index in [1.54, 1.807) is 0 Å². The number of carbonyl (C=O) groups is 1. The van der Waals surface area contributed by atoms with Gasteiger partial charge in [-0.1, -0.05) is 48.2 Å². The van der Waals surface area contributed by atoms with E-state index in [0.29, 0.717) is 12.3 Å². The maximum absolute atomic E-state index is 12.3. The molecule has 7 heteroatoms. The summed E-state index contributed by atoms with van der Waals surface area (Å²) < 4.78 is 5.41. The normalized spacial score (nSPS) is 14.9. The minimum Gasteiger partial charge on any atom is -0.379 e. The molecule has 1 saturated heterocycles. The number of amides is 1. The van der Waals surface area contributed by atoms with Crippen LogP contribution in [-0.4, -0.2) is 52.8 Å². The molecule has 6 nitrogen and oxygen atoms in total. The molecule has 0 atom stereocenters. The van der Waals surface area contributed by atoms with Gasteiger partial charge >= 0.3 is 0 Å². The largest absolute Gasteiger partial charge is 0.379 e. The van der Waals surface area contributed by atoms with Gasteiger partial charge in [0.2, 0.25) is 5.91 Å². The van der Waals surface area contributed by atoms with Crippen LogP contribution in [0.5, 0.6) is 0 Å². The lowest BCUT2D eigenvalue weighted by Gasteiger charge is -2.25. The number of para-hydroxylation sites is 2. The Morgan fingerprint density at radius 1 is 1.04 bits per heavy atom. The zero-order valence-electron chi connectivity index (χ0n) is 15.5. The second kappa shape index (κ2) is 9.14. The highest BCUT2D eigenvalue weighted by Crippen LogP contribution is 2.26. The van der Waals surface area contributed by atoms with Crippen LogP contribution in [0, 0.1) is 0 Å². The summed E-state index contributed by atoms with van der Waals surface area (Å²) in [7, 11) is 0. The summed E-state index contributed by atoms with van der Waals surface area (Å²) in [5.41, 5.74) is 1.71. The van der Waals surface area contributed by atoms with Gasteiger partial charge in [0.05, 0.1) is 31.0 Å². The SMILES string of the molecule is O=C(CSc1nc(CN2CCOCC2)nc2ccccc12)Nc1ccccc1. The van der Waals surface area contributed by atoms with Crippen LogP contribution >= 0.6 is 11.8 Å². The van der Waals surface area contributed by atoms with Crippen LogP contribution < -0.4 is 5.32 Å². The van der Waals surface area contributed by atoms with Gasteiger partial charge in [0.15, 0.2) is 0 Å². The number of anilines is 1. The van der Waals surface area contributed by atoms with Crippen LogP contribution in [0.3, 0.4) is 0 Å². The number of morpholine rings is 1. The summed E-state index contributed by atoms with van der Waals surface area (Å²) in [6.45, 7) is 3.96. The van der Waals surface area contributed by atoms with Gasteiger partial charge in [-0.25, -0.2) is 9.97 Å². The highest BCUT2D eigenvalue weighted by Gasteiger charge is 2.15. The molecule has 0 bridgehead atoms. The number of nitrogens with one attached hydrogen (secondary N) is 1. The zero-order chi connectivity index (χ0) is 19.2. The second-order valence-electron chi connectivity index (χ2n) is 6.55. The number of hydrogen-bond acceptors (Lipinski definition) is 6. The van der Waals surface area contributed by atoms with Crippen molar-refractivity contribution in [2.45, 2.75) is 11.6 Å². The average Bonchev–Trinajstić information content (AvgIpc) is 2.73. The number of rotatable bonds is 6. The van der Waals surface area contributed by atoms with Crippen molar-refractivity contribution in [1.29, 1.82) is 0 Å². The Balaban J connectivity index is 1.49. The number of nitrogens with zero attached hydrogens (tertiary/aromatic N) is 3. The summed E-state index contributed by atoms with van der Waals surface area (Å²) in [5, 5.41) is 4.74. The van der Waals surface area contributed by atoms with Crippen LogP contribution in [0.25, 0.3) is 10.9 Å². The van der Waals surface area contributed by atoms with Gasteiger partial charge in [-0.15, -0.1) is 0 Å². The number of hydrogen-bond donors (Lipinski definition) is 1. The van der Waals surface area contributed by atoms with Gasteiger partial charge in [0, 0.05) is 24.2 Å². The molecule has 1 fully saturated rings. The van der Waals surface area contributed by atoms with Crippen molar-refractivity contribution in [3.05, 3.63) is 60.4 Å². The maximum Gasteiger partial charge on any atom is 0.234 e. The third-order valence-corrected chi connectivity index (χ3v) is 5.47. The lowest BCUT2D eigenvalue weighted by molar-refractivity contribution is -0.113. The first kappa shape index (κ1) is 18.9. The highest BCUT2D eigenvalue weighted by atomic mass is 32.2. The van der Waals surface area contributed by atoms with E-state index >= 15 is 0 Å². The second-order valence-corrected chi connectivity index (χ2v) is 7.52. The first-order chi connectivity index (χ1) is 13.8. The first-order valence-corrected chi connectivity index (χ1v) is 10.3. The van der Waals surface area contributed by atoms with Gasteiger partial charge in [-0.2, -0.15) is 0 Å². The van der Waals surface area contributed by atoms with E-state index in [-0.39, 0.29) is 5.91 Å². The molecule has 1 aliphatic rings. The number of thioether (sulfide) groups is 1. The van der Waals surface area contributed by atoms with Gasteiger partial charge in [0.25, 0.3) is 0 Å². The molecule has 0 unspecified atom stereocenters. The number of ether oxygens (including phenoxy) is 1. The van der Waals surface area contributed by atoms with Crippen molar-refractivity contribution in [3.8, 4) is 0 Å². The third-order valence-electron chi connectivity index (χ3n) is 4.48. The van der Waals surface area contributed by atoms with Gasteiger partial charge in [-0.3, -0.25) is 9.69 Å². The summed E-state index contributed by atoms with van der Waals surface area (Å²) >= 11 is 1.45. The van der Waals surface area contributed by atoms with E-state index in [1.807, 2.05) is 54.6 Å². The molecule has 0 saturated carbocycles. The topological polar surface area (TPSA) is 67.4 Å². The van der Waals surface area contributed by atoms with Crippen LogP contribution in [0.4, 0.5) is 5.69 Å². The van der Waals surface area contributed by atoms with Crippen LogP contribution in [0.2, 0.25) is 0 Å². The standard InChI is InChI=1S/C21H22N4O2S/c26-20(22-16-6-2-1-3-7-16)15-28-21-17-8-4-5-9-18(17)23-19(24-21)14-25-10-12-27-13-11-25/h1-9H,10-15H2,(H,22,26). The summed E-state index contributed by atoms with van der Waals surface area (Å²) in [4.78, 5) is 24.1. The predicted molar refractivity (Wildman–Crippen MR) is 111 cm³/mol. The highest BCUT2D eigenvalue weighted by molar-refractivity contribution is 8.00. The molecule has 0 spiro atoms. The quantitative estimate of drug-likeness (QED) is 0.512. The molecular formula is C21H22N4O2S. The van der Waals surface area contributed by atoms with Crippen molar-refractivity contribution in [1.82, 2.24) is 14.9 Å². The monoisotopic (exact) mass is 394 g/mol.